The number of fused-ring (bicyclic) bond motifs is 1. The number of anilines is 1. The summed E-state index contributed by atoms with van der Waals surface area (Å²) in [6.45, 7) is 0.435. The molecule has 0 aliphatic heterocycles. The first-order valence-electron chi connectivity index (χ1n) is 6.15. The quantitative estimate of drug-likeness (QED) is 0.737. The normalized spacial score (nSPS) is 12.3. The van der Waals surface area contributed by atoms with Gasteiger partial charge in [-0.2, -0.15) is 0 Å². The maximum Gasteiger partial charge on any atom is 0.336 e. The number of carbonyl (C=O) groups is 1. The van der Waals surface area contributed by atoms with Crippen molar-refractivity contribution < 1.29 is 19.7 Å². The lowest BCUT2D eigenvalue weighted by Gasteiger charge is -2.12. The lowest BCUT2D eigenvalue weighted by molar-refractivity contribution is 0.0699. The van der Waals surface area contributed by atoms with Gasteiger partial charge in [-0.05, 0) is 12.1 Å². The maximum absolute atomic E-state index is 11.3. The molecule has 20 heavy (non-hydrogen) atoms. The van der Waals surface area contributed by atoms with Gasteiger partial charge in [-0.1, -0.05) is 18.2 Å². The Bertz CT molecular complexity index is 615. The first-order chi connectivity index (χ1) is 9.61. The summed E-state index contributed by atoms with van der Waals surface area (Å²) in [7, 11) is 1.50. The molecule has 0 amide bonds. The number of aromatic nitrogens is 1. The fraction of sp³-hybridized carbons (Fsp3) is 0.286. The van der Waals surface area contributed by atoms with E-state index in [1.54, 1.807) is 24.3 Å². The van der Waals surface area contributed by atoms with E-state index in [-0.39, 0.29) is 18.7 Å². The van der Waals surface area contributed by atoms with Crippen molar-refractivity contribution in [3.63, 3.8) is 0 Å². The molecule has 106 valence electrons. The molecule has 2 aromatic rings. The molecule has 1 atom stereocenters. The summed E-state index contributed by atoms with van der Waals surface area (Å²) in [5.41, 5.74) is 0.774. The van der Waals surface area contributed by atoms with Gasteiger partial charge in [-0.15, -0.1) is 0 Å². The third kappa shape index (κ3) is 3.23. The fourth-order valence-electron chi connectivity index (χ4n) is 1.92. The molecule has 0 bridgehead atoms. The number of methoxy groups -OCH3 is 1. The van der Waals surface area contributed by atoms with Crippen LogP contribution in [-0.2, 0) is 4.74 Å². The van der Waals surface area contributed by atoms with Crippen molar-refractivity contribution in [2.75, 3.05) is 25.6 Å². The first kappa shape index (κ1) is 14.2. The Morgan fingerprint density at radius 2 is 2.20 bits per heavy atom. The van der Waals surface area contributed by atoms with Crippen LogP contribution in [0.25, 0.3) is 10.9 Å². The van der Waals surface area contributed by atoms with Crippen molar-refractivity contribution >= 4 is 22.7 Å². The molecule has 0 aliphatic carbocycles. The summed E-state index contributed by atoms with van der Waals surface area (Å²) in [5.74, 6) is -0.597. The van der Waals surface area contributed by atoms with Crippen molar-refractivity contribution in [2.45, 2.75) is 6.10 Å². The van der Waals surface area contributed by atoms with Crippen molar-refractivity contribution in [3.8, 4) is 0 Å². The smallest absolute Gasteiger partial charge is 0.336 e. The Morgan fingerprint density at radius 1 is 1.45 bits per heavy atom. The van der Waals surface area contributed by atoms with Crippen LogP contribution in [-0.4, -0.2) is 47.5 Å². The largest absolute Gasteiger partial charge is 0.478 e. The van der Waals surface area contributed by atoms with E-state index in [2.05, 4.69) is 10.3 Å². The minimum absolute atomic E-state index is 0.180. The Hall–Kier alpha value is -2.18. The van der Waals surface area contributed by atoms with Gasteiger partial charge >= 0.3 is 5.97 Å². The molecule has 1 aromatic heterocycles. The summed E-state index contributed by atoms with van der Waals surface area (Å²) >= 11 is 0. The molecule has 0 spiro atoms. The van der Waals surface area contributed by atoms with E-state index in [4.69, 9.17) is 4.74 Å². The standard InChI is InChI=1S/C14H16N2O4/c1-20-8-9(17)7-15-13-6-11(14(18)19)10-4-2-3-5-12(10)16-13/h2-6,9,17H,7-8H2,1H3,(H,15,16)(H,18,19). The molecule has 3 N–H and O–H groups in total. The zero-order chi connectivity index (χ0) is 14.5. The SMILES string of the molecule is COCC(O)CNc1cc(C(=O)O)c2ccccc2n1. The maximum atomic E-state index is 11.3. The van der Waals surface area contributed by atoms with E-state index in [0.717, 1.165) is 0 Å². The number of pyridine rings is 1. The monoisotopic (exact) mass is 276 g/mol. The van der Waals surface area contributed by atoms with Gasteiger partial charge in [-0.3, -0.25) is 0 Å². The van der Waals surface area contributed by atoms with E-state index >= 15 is 0 Å². The van der Waals surface area contributed by atoms with E-state index in [1.807, 2.05) is 0 Å². The molecule has 6 heteroatoms. The Kier molecular flexibility index (Phi) is 4.49. The second-order valence-electron chi connectivity index (χ2n) is 4.37. The summed E-state index contributed by atoms with van der Waals surface area (Å²) in [5, 5.41) is 22.3. The number of ether oxygens (including phenoxy) is 1. The van der Waals surface area contributed by atoms with Crippen molar-refractivity contribution in [1.82, 2.24) is 4.98 Å². The van der Waals surface area contributed by atoms with Gasteiger partial charge in [0.2, 0.25) is 0 Å². The van der Waals surface area contributed by atoms with E-state index in [0.29, 0.717) is 16.7 Å². The van der Waals surface area contributed by atoms with Crippen LogP contribution in [0.3, 0.4) is 0 Å². The topological polar surface area (TPSA) is 91.7 Å². The fourth-order valence-corrected chi connectivity index (χ4v) is 1.92. The van der Waals surface area contributed by atoms with Crippen LogP contribution in [0.1, 0.15) is 10.4 Å². The van der Waals surface area contributed by atoms with Crippen LogP contribution in [0.2, 0.25) is 0 Å². The highest BCUT2D eigenvalue weighted by molar-refractivity contribution is 6.03. The molecule has 6 nitrogen and oxygen atoms in total. The number of aromatic carboxylic acids is 1. The van der Waals surface area contributed by atoms with Gasteiger partial charge in [0.25, 0.3) is 0 Å². The minimum Gasteiger partial charge on any atom is -0.478 e. The number of benzene rings is 1. The molecule has 0 radical (unpaired) electrons. The minimum atomic E-state index is -1.01. The van der Waals surface area contributed by atoms with Crippen LogP contribution in [0.4, 0.5) is 5.82 Å². The molecular weight excluding hydrogens is 260 g/mol. The van der Waals surface area contributed by atoms with Gasteiger partial charge < -0.3 is 20.3 Å². The van der Waals surface area contributed by atoms with Crippen LogP contribution < -0.4 is 5.32 Å². The highest BCUT2D eigenvalue weighted by atomic mass is 16.5. The van der Waals surface area contributed by atoms with Crippen LogP contribution in [0, 0.1) is 0 Å². The Morgan fingerprint density at radius 3 is 2.90 bits per heavy atom. The number of aliphatic hydroxyl groups is 1. The van der Waals surface area contributed by atoms with Gasteiger partial charge in [0.05, 0.1) is 23.8 Å². The predicted octanol–water partition coefficient (Wildman–Crippen LogP) is 1.35. The van der Waals surface area contributed by atoms with E-state index in [1.165, 1.54) is 13.2 Å². The molecule has 2 rings (SSSR count). The van der Waals surface area contributed by atoms with Gasteiger partial charge in [-0.25, -0.2) is 9.78 Å². The van der Waals surface area contributed by atoms with Crippen LogP contribution in [0.15, 0.2) is 30.3 Å². The molecule has 0 saturated heterocycles. The number of carboxylic acid groups (broad SMARTS) is 1. The van der Waals surface area contributed by atoms with Gasteiger partial charge in [0, 0.05) is 19.0 Å². The molecule has 1 aromatic carbocycles. The highest BCUT2D eigenvalue weighted by Gasteiger charge is 2.12. The van der Waals surface area contributed by atoms with Crippen molar-refractivity contribution in [1.29, 1.82) is 0 Å². The van der Waals surface area contributed by atoms with Gasteiger partial charge in [0.1, 0.15) is 5.82 Å². The van der Waals surface area contributed by atoms with Crippen LogP contribution >= 0.6 is 0 Å². The predicted molar refractivity (Wildman–Crippen MR) is 75.1 cm³/mol. The second-order valence-corrected chi connectivity index (χ2v) is 4.37. The number of para-hydroxylation sites is 1. The summed E-state index contributed by atoms with van der Waals surface area (Å²) in [6, 6.07) is 8.49. The number of nitrogens with zero attached hydrogens (tertiary/aromatic N) is 1. The van der Waals surface area contributed by atoms with Gasteiger partial charge in [0.15, 0.2) is 0 Å². The summed E-state index contributed by atoms with van der Waals surface area (Å²) in [6.07, 6.45) is -0.679. The molecule has 1 heterocycles. The lowest BCUT2D eigenvalue weighted by Crippen LogP contribution is -2.24. The Balaban J connectivity index is 2.28. The highest BCUT2D eigenvalue weighted by Crippen LogP contribution is 2.20. The second kappa shape index (κ2) is 6.31. The average Bonchev–Trinajstić information content (AvgIpc) is 2.44. The summed E-state index contributed by atoms with van der Waals surface area (Å²) in [4.78, 5) is 15.6. The number of rotatable bonds is 6. The molecular formula is C14H16N2O4. The number of hydrogen-bond donors (Lipinski definition) is 3. The third-order valence-electron chi connectivity index (χ3n) is 2.82. The van der Waals surface area contributed by atoms with E-state index < -0.39 is 12.1 Å². The number of aliphatic hydroxyl groups excluding tert-OH is 1. The summed E-state index contributed by atoms with van der Waals surface area (Å²) < 4.78 is 4.82. The lowest BCUT2D eigenvalue weighted by atomic mass is 10.1. The number of carboxylic acids is 1. The number of hydrogen-bond acceptors (Lipinski definition) is 5. The third-order valence-corrected chi connectivity index (χ3v) is 2.82. The number of nitrogens with one attached hydrogen (secondary N) is 1. The average molecular weight is 276 g/mol. The van der Waals surface area contributed by atoms with E-state index in [9.17, 15) is 15.0 Å². The molecule has 1 unspecified atom stereocenters. The zero-order valence-corrected chi connectivity index (χ0v) is 11.0. The molecule has 0 fully saturated rings. The van der Waals surface area contributed by atoms with Crippen LogP contribution in [0.5, 0.6) is 0 Å². The molecule has 0 saturated carbocycles. The Labute approximate surface area is 116 Å². The first-order valence-corrected chi connectivity index (χ1v) is 6.15. The zero-order valence-electron chi connectivity index (χ0n) is 11.0. The van der Waals surface area contributed by atoms with Crippen molar-refractivity contribution in [3.05, 3.63) is 35.9 Å². The molecule has 0 aliphatic rings. The van der Waals surface area contributed by atoms with Crippen molar-refractivity contribution in [2.24, 2.45) is 0 Å².